The number of ether oxygens (including phenoxy) is 1. The molecule has 8 heteroatoms. The molecule has 0 aliphatic carbocycles. The molecule has 3 rings (SSSR count). The number of anilines is 1. The van der Waals surface area contributed by atoms with Crippen molar-refractivity contribution >= 4 is 47.1 Å². The van der Waals surface area contributed by atoms with Crippen LogP contribution >= 0.6 is 35.3 Å². The minimum absolute atomic E-state index is 0. The van der Waals surface area contributed by atoms with Crippen LogP contribution in [0.5, 0.6) is 0 Å². The van der Waals surface area contributed by atoms with Gasteiger partial charge in [0.1, 0.15) is 5.82 Å². The third-order valence-corrected chi connectivity index (χ3v) is 5.49. The Morgan fingerprint density at radius 1 is 1.29 bits per heavy atom. The first-order valence-electron chi connectivity index (χ1n) is 9.49. The Labute approximate surface area is 188 Å². The van der Waals surface area contributed by atoms with E-state index in [-0.39, 0.29) is 24.0 Å². The predicted molar refractivity (Wildman–Crippen MR) is 128 cm³/mol. The molecule has 1 fully saturated rings. The second-order valence-electron chi connectivity index (χ2n) is 6.78. The Hall–Kier alpha value is -1.39. The van der Waals surface area contributed by atoms with E-state index < -0.39 is 0 Å². The first-order chi connectivity index (χ1) is 13.3. The molecule has 0 radical (unpaired) electrons. The number of nitrogens with one attached hydrogen (secondary N) is 2. The van der Waals surface area contributed by atoms with Gasteiger partial charge in [0, 0.05) is 49.9 Å². The van der Waals surface area contributed by atoms with Crippen molar-refractivity contribution in [3.63, 3.8) is 0 Å². The van der Waals surface area contributed by atoms with Crippen LogP contribution in [0.1, 0.15) is 17.4 Å². The molecule has 0 amide bonds. The van der Waals surface area contributed by atoms with E-state index in [1.807, 2.05) is 30.6 Å². The van der Waals surface area contributed by atoms with Crippen LogP contribution in [0.2, 0.25) is 0 Å². The number of hydrogen-bond donors (Lipinski definition) is 2. The molecule has 0 spiro atoms. The van der Waals surface area contributed by atoms with Crippen LogP contribution in [0.25, 0.3) is 0 Å². The molecule has 1 aliphatic rings. The molecule has 154 valence electrons. The number of aliphatic imine (C=N–C) groups is 1. The Morgan fingerprint density at radius 3 is 2.82 bits per heavy atom. The third-order valence-electron chi connectivity index (χ3n) is 4.60. The highest BCUT2D eigenvalue weighted by molar-refractivity contribution is 14.0. The number of nitrogens with zero attached hydrogens (tertiary/aromatic N) is 3. The topological polar surface area (TPSA) is 61.8 Å². The Bertz CT molecular complexity index is 719. The van der Waals surface area contributed by atoms with Gasteiger partial charge in [0.15, 0.2) is 5.96 Å². The summed E-state index contributed by atoms with van der Waals surface area (Å²) in [5, 5.41) is 9.00. The number of guanidine groups is 1. The van der Waals surface area contributed by atoms with Crippen molar-refractivity contribution in [2.45, 2.75) is 19.9 Å². The van der Waals surface area contributed by atoms with Crippen LogP contribution in [0.15, 0.2) is 40.8 Å². The molecule has 1 aliphatic heterocycles. The van der Waals surface area contributed by atoms with Gasteiger partial charge in [-0.15, -0.1) is 35.3 Å². The highest BCUT2D eigenvalue weighted by Gasteiger charge is 2.16. The van der Waals surface area contributed by atoms with Gasteiger partial charge in [0.2, 0.25) is 0 Å². The smallest absolute Gasteiger partial charge is 0.191 e. The molecule has 0 aromatic carbocycles. The summed E-state index contributed by atoms with van der Waals surface area (Å²) in [7, 11) is 1.81. The van der Waals surface area contributed by atoms with E-state index in [1.54, 1.807) is 0 Å². The van der Waals surface area contributed by atoms with Gasteiger partial charge < -0.3 is 20.3 Å². The molecule has 1 unspecified atom stereocenters. The van der Waals surface area contributed by atoms with Crippen LogP contribution in [0.3, 0.4) is 0 Å². The SMILES string of the molecule is CN=C(NCc1cccnc1N1CCOCC1)NCC(C)Cc1cccs1.I. The fourth-order valence-corrected chi connectivity index (χ4v) is 4.01. The zero-order valence-electron chi connectivity index (χ0n) is 16.6. The molecule has 1 saturated heterocycles. The number of aromatic nitrogens is 1. The van der Waals surface area contributed by atoms with Gasteiger partial charge in [-0.3, -0.25) is 4.99 Å². The van der Waals surface area contributed by atoms with Crippen molar-refractivity contribution in [2.24, 2.45) is 10.9 Å². The summed E-state index contributed by atoms with van der Waals surface area (Å²) in [6, 6.07) is 8.42. The molecule has 1 atom stereocenters. The standard InChI is InChI=1S/C20H29N5OS.HI/c1-16(13-18-6-4-12-27-18)14-23-20(21-2)24-15-17-5-3-7-22-19(17)25-8-10-26-11-9-25;/h3-7,12,16H,8-11,13-15H2,1-2H3,(H2,21,23,24);1H. The molecular weight excluding hydrogens is 485 g/mol. The van der Waals surface area contributed by atoms with Crippen LogP contribution in [-0.2, 0) is 17.7 Å². The molecular formula is C20H30IN5OS. The summed E-state index contributed by atoms with van der Waals surface area (Å²) in [6.07, 6.45) is 2.94. The normalized spacial score (nSPS) is 15.6. The van der Waals surface area contributed by atoms with Gasteiger partial charge in [0.05, 0.1) is 13.2 Å². The lowest BCUT2D eigenvalue weighted by Crippen LogP contribution is -2.40. The van der Waals surface area contributed by atoms with Crippen LogP contribution in [0.4, 0.5) is 5.82 Å². The molecule has 2 aromatic rings. The second kappa shape index (κ2) is 12.2. The maximum Gasteiger partial charge on any atom is 0.191 e. The third kappa shape index (κ3) is 6.89. The van der Waals surface area contributed by atoms with E-state index in [1.165, 1.54) is 10.4 Å². The van der Waals surface area contributed by atoms with Crippen molar-refractivity contribution in [1.29, 1.82) is 0 Å². The van der Waals surface area contributed by atoms with E-state index in [4.69, 9.17) is 4.74 Å². The van der Waals surface area contributed by atoms with Gasteiger partial charge in [0.25, 0.3) is 0 Å². The first kappa shape index (κ1) is 22.9. The number of pyridine rings is 1. The quantitative estimate of drug-likeness (QED) is 0.337. The molecule has 6 nitrogen and oxygen atoms in total. The Balaban J connectivity index is 0.00000280. The predicted octanol–water partition coefficient (Wildman–Crippen LogP) is 3.14. The highest BCUT2D eigenvalue weighted by atomic mass is 127. The minimum Gasteiger partial charge on any atom is -0.378 e. The van der Waals surface area contributed by atoms with Crippen molar-refractivity contribution in [1.82, 2.24) is 15.6 Å². The van der Waals surface area contributed by atoms with Gasteiger partial charge in [-0.2, -0.15) is 0 Å². The monoisotopic (exact) mass is 515 g/mol. The molecule has 2 N–H and O–H groups in total. The van der Waals surface area contributed by atoms with Crippen LogP contribution in [-0.4, -0.2) is 50.8 Å². The lowest BCUT2D eigenvalue weighted by atomic mass is 10.1. The lowest BCUT2D eigenvalue weighted by Gasteiger charge is -2.29. The summed E-state index contributed by atoms with van der Waals surface area (Å²) < 4.78 is 5.45. The highest BCUT2D eigenvalue weighted by Crippen LogP contribution is 2.18. The number of hydrogen-bond acceptors (Lipinski definition) is 5. The summed E-state index contributed by atoms with van der Waals surface area (Å²) >= 11 is 1.82. The van der Waals surface area contributed by atoms with Crippen molar-refractivity contribution in [3.05, 3.63) is 46.3 Å². The van der Waals surface area contributed by atoms with Crippen LogP contribution in [0, 0.1) is 5.92 Å². The van der Waals surface area contributed by atoms with Gasteiger partial charge in [-0.05, 0) is 29.9 Å². The molecule has 2 aromatic heterocycles. The van der Waals surface area contributed by atoms with E-state index >= 15 is 0 Å². The van der Waals surface area contributed by atoms with E-state index in [2.05, 4.69) is 56.0 Å². The number of rotatable bonds is 7. The fourth-order valence-electron chi connectivity index (χ4n) is 3.14. The molecule has 0 saturated carbocycles. The number of morpholine rings is 1. The van der Waals surface area contributed by atoms with Gasteiger partial charge >= 0.3 is 0 Å². The minimum atomic E-state index is 0. The summed E-state index contributed by atoms with van der Waals surface area (Å²) in [4.78, 5) is 12.7. The van der Waals surface area contributed by atoms with E-state index in [0.29, 0.717) is 12.5 Å². The maximum absolute atomic E-state index is 5.45. The average Bonchev–Trinajstić information content (AvgIpc) is 3.22. The Morgan fingerprint density at radius 2 is 2.11 bits per heavy atom. The lowest BCUT2D eigenvalue weighted by molar-refractivity contribution is 0.122. The van der Waals surface area contributed by atoms with Gasteiger partial charge in [-0.1, -0.05) is 19.1 Å². The Kier molecular flexibility index (Phi) is 10.0. The second-order valence-corrected chi connectivity index (χ2v) is 7.81. The first-order valence-corrected chi connectivity index (χ1v) is 10.4. The zero-order chi connectivity index (χ0) is 18.9. The van der Waals surface area contributed by atoms with Crippen molar-refractivity contribution in [2.75, 3.05) is 44.8 Å². The van der Waals surface area contributed by atoms with Gasteiger partial charge in [-0.25, -0.2) is 4.98 Å². The number of halogens is 1. The van der Waals surface area contributed by atoms with E-state index in [0.717, 1.165) is 51.0 Å². The van der Waals surface area contributed by atoms with Crippen molar-refractivity contribution in [3.8, 4) is 0 Å². The van der Waals surface area contributed by atoms with Crippen molar-refractivity contribution < 1.29 is 4.74 Å². The number of thiophene rings is 1. The molecule has 3 heterocycles. The molecule has 0 bridgehead atoms. The zero-order valence-corrected chi connectivity index (χ0v) is 19.7. The van der Waals surface area contributed by atoms with Crippen LogP contribution < -0.4 is 15.5 Å². The summed E-state index contributed by atoms with van der Waals surface area (Å²) in [5.41, 5.74) is 1.17. The molecule has 28 heavy (non-hydrogen) atoms. The maximum atomic E-state index is 5.45. The summed E-state index contributed by atoms with van der Waals surface area (Å²) in [6.45, 7) is 7.14. The average molecular weight is 515 g/mol. The fraction of sp³-hybridized carbons (Fsp3) is 0.500. The summed E-state index contributed by atoms with van der Waals surface area (Å²) in [5.74, 6) is 2.41. The van der Waals surface area contributed by atoms with E-state index in [9.17, 15) is 0 Å². The largest absolute Gasteiger partial charge is 0.378 e.